The molecule has 2 N–H and O–H groups in total. The lowest BCUT2D eigenvalue weighted by molar-refractivity contribution is 0.185. The summed E-state index contributed by atoms with van der Waals surface area (Å²) in [6.07, 6.45) is -0.308. The van der Waals surface area contributed by atoms with E-state index in [0.717, 1.165) is 29.4 Å². The molecule has 0 spiro atoms. The minimum absolute atomic E-state index is 0.308. The average Bonchev–Trinajstić information content (AvgIpc) is 2.43. The molecule has 3 nitrogen and oxygen atoms in total. The predicted molar refractivity (Wildman–Crippen MR) is 67.3 cm³/mol. The maximum Gasteiger partial charge on any atom is 0.0839 e. The second-order valence-corrected chi connectivity index (χ2v) is 4.67. The van der Waals surface area contributed by atoms with Crippen molar-refractivity contribution in [2.24, 2.45) is 0 Å². The first-order valence-corrected chi connectivity index (χ1v) is 5.94. The maximum absolute atomic E-state index is 9.74. The number of hydrogen-bond donors (Lipinski definition) is 2. The molecule has 1 heterocycles. The van der Waals surface area contributed by atoms with Gasteiger partial charge in [-0.1, -0.05) is 11.6 Å². The van der Waals surface area contributed by atoms with Crippen LogP contribution in [0.4, 0.5) is 5.69 Å². The molecule has 1 aromatic carbocycles. The molecule has 1 aromatic rings. The molecule has 88 valence electrons. The van der Waals surface area contributed by atoms with Gasteiger partial charge < -0.3 is 15.3 Å². The Labute approximate surface area is 101 Å². The van der Waals surface area contributed by atoms with Gasteiger partial charge in [0.2, 0.25) is 0 Å². The van der Waals surface area contributed by atoms with Crippen LogP contribution in [0.5, 0.6) is 0 Å². The highest BCUT2D eigenvalue weighted by molar-refractivity contribution is 6.30. The highest BCUT2D eigenvalue weighted by atomic mass is 35.5. The molecule has 0 radical (unpaired) electrons. The fourth-order valence-electron chi connectivity index (χ4n) is 2.09. The van der Waals surface area contributed by atoms with Crippen LogP contribution in [0.1, 0.15) is 5.56 Å². The van der Waals surface area contributed by atoms with E-state index in [2.05, 4.69) is 10.2 Å². The molecule has 1 unspecified atom stereocenters. The molecular weight excluding hydrogens is 224 g/mol. The summed E-state index contributed by atoms with van der Waals surface area (Å²) in [4.78, 5) is 2.20. The Balaban J connectivity index is 2.21. The third-order valence-corrected chi connectivity index (χ3v) is 3.10. The van der Waals surface area contributed by atoms with Gasteiger partial charge in [-0.15, -0.1) is 0 Å². The monoisotopic (exact) mass is 240 g/mol. The van der Waals surface area contributed by atoms with Gasteiger partial charge in [0.15, 0.2) is 0 Å². The fourth-order valence-corrected chi connectivity index (χ4v) is 2.31. The van der Waals surface area contributed by atoms with E-state index in [4.69, 9.17) is 11.6 Å². The van der Waals surface area contributed by atoms with Gasteiger partial charge in [-0.2, -0.15) is 0 Å². The lowest BCUT2D eigenvalue weighted by Gasteiger charge is -2.25. The number of nitrogens with zero attached hydrogens (tertiary/aromatic N) is 1. The van der Waals surface area contributed by atoms with E-state index in [1.807, 2.05) is 25.1 Å². The van der Waals surface area contributed by atoms with Gasteiger partial charge in [-0.3, -0.25) is 0 Å². The molecule has 4 heteroatoms. The highest BCUT2D eigenvalue weighted by Gasteiger charge is 2.17. The molecule has 16 heavy (non-hydrogen) atoms. The first-order valence-electron chi connectivity index (χ1n) is 5.56. The minimum atomic E-state index is -0.308. The Hall–Kier alpha value is -0.770. The van der Waals surface area contributed by atoms with Crippen molar-refractivity contribution in [1.29, 1.82) is 0 Å². The number of aliphatic hydroxyl groups excluding tert-OH is 1. The summed E-state index contributed by atoms with van der Waals surface area (Å²) in [7, 11) is 0. The van der Waals surface area contributed by atoms with E-state index in [0.29, 0.717) is 13.1 Å². The van der Waals surface area contributed by atoms with Gasteiger partial charge >= 0.3 is 0 Å². The lowest BCUT2D eigenvalue weighted by Crippen LogP contribution is -2.33. The summed E-state index contributed by atoms with van der Waals surface area (Å²) in [6, 6.07) is 5.88. The van der Waals surface area contributed by atoms with Gasteiger partial charge in [-0.05, 0) is 30.7 Å². The number of halogens is 1. The van der Waals surface area contributed by atoms with Crippen LogP contribution in [0.2, 0.25) is 5.02 Å². The van der Waals surface area contributed by atoms with Crippen molar-refractivity contribution in [2.75, 3.05) is 31.1 Å². The number of hydrogen-bond acceptors (Lipinski definition) is 3. The Morgan fingerprint density at radius 1 is 1.50 bits per heavy atom. The summed E-state index contributed by atoms with van der Waals surface area (Å²) in [5.74, 6) is 0. The van der Waals surface area contributed by atoms with Crippen LogP contribution in [-0.2, 0) is 0 Å². The minimum Gasteiger partial charge on any atom is -0.390 e. The third kappa shape index (κ3) is 2.67. The SMILES string of the molecule is Cc1cc(Cl)ccc1N1CCNCC(O)C1. The van der Waals surface area contributed by atoms with E-state index >= 15 is 0 Å². The smallest absolute Gasteiger partial charge is 0.0839 e. The van der Waals surface area contributed by atoms with Crippen LogP contribution in [0, 0.1) is 6.92 Å². The van der Waals surface area contributed by atoms with Crippen molar-refractivity contribution >= 4 is 17.3 Å². The molecule has 2 rings (SSSR count). The summed E-state index contributed by atoms with van der Waals surface area (Å²) in [5.41, 5.74) is 2.31. The number of nitrogens with one attached hydrogen (secondary N) is 1. The summed E-state index contributed by atoms with van der Waals surface area (Å²) in [6.45, 7) is 5.21. The standard InChI is InChI=1S/C12H17ClN2O/c1-9-6-10(13)2-3-12(9)15-5-4-14-7-11(16)8-15/h2-3,6,11,14,16H,4-5,7-8H2,1H3. The molecule has 0 bridgehead atoms. The lowest BCUT2D eigenvalue weighted by atomic mass is 10.1. The number of anilines is 1. The summed E-state index contributed by atoms with van der Waals surface area (Å²) >= 11 is 5.94. The molecule has 0 saturated carbocycles. The normalized spacial score (nSPS) is 21.9. The van der Waals surface area contributed by atoms with Gasteiger partial charge in [0.05, 0.1) is 6.10 Å². The van der Waals surface area contributed by atoms with E-state index in [1.165, 1.54) is 0 Å². The quantitative estimate of drug-likeness (QED) is 0.780. The van der Waals surface area contributed by atoms with Crippen LogP contribution in [0.3, 0.4) is 0 Å². The molecule has 1 aliphatic heterocycles. The fraction of sp³-hybridized carbons (Fsp3) is 0.500. The number of aliphatic hydroxyl groups is 1. The topological polar surface area (TPSA) is 35.5 Å². The molecule has 1 fully saturated rings. The van der Waals surface area contributed by atoms with Crippen molar-refractivity contribution in [2.45, 2.75) is 13.0 Å². The molecular formula is C12H17ClN2O. The largest absolute Gasteiger partial charge is 0.390 e. The van der Waals surface area contributed by atoms with Gasteiger partial charge in [0.1, 0.15) is 0 Å². The van der Waals surface area contributed by atoms with Crippen LogP contribution in [0.15, 0.2) is 18.2 Å². The molecule has 1 aliphatic rings. The van der Waals surface area contributed by atoms with Crippen LogP contribution in [0.25, 0.3) is 0 Å². The third-order valence-electron chi connectivity index (χ3n) is 2.87. The first kappa shape index (κ1) is 11.7. The van der Waals surface area contributed by atoms with Crippen LogP contribution >= 0.6 is 11.6 Å². The van der Waals surface area contributed by atoms with Crippen molar-refractivity contribution in [3.63, 3.8) is 0 Å². The Morgan fingerprint density at radius 3 is 3.06 bits per heavy atom. The van der Waals surface area contributed by atoms with Crippen molar-refractivity contribution in [1.82, 2.24) is 5.32 Å². The zero-order chi connectivity index (χ0) is 11.5. The predicted octanol–water partition coefficient (Wildman–Crippen LogP) is 1.42. The zero-order valence-corrected chi connectivity index (χ0v) is 10.2. The molecule has 0 aromatic heterocycles. The van der Waals surface area contributed by atoms with E-state index in [1.54, 1.807) is 0 Å². The second kappa shape index (κ2) is 5.04. The number of benzene rings is 1. The van der Waals surface area contributed by atoms with Gasteiger partial charge in [0, 0.05) is 36.9 Å². The van der Waals surface area contributed by atoms with Gasteiger partial charge in [-0.25, -0.2) is 0 Å². The van der Waals surface area contributed by atoms with Crippen molar-refractivity contribution < 1.29 is 5.11 Å². The highest BCUT2D eigenvalue weighted by Crippen LogP contribution is 2.23. The van der Waals surface area contributed by atoms with Crippen molar-refractivity contribution in [3.8, 4) is 0 Å². The Kier molecular flexibility index (Phi) is 3.69. The van der Waals surface area contributed by atoms with E-state index in [9.17, 15) is 5.11 Å². The van der Waals surface area contributed by atoms with E-state index < -0.39 is 0 Å². The van der Waals surface area contributed by atoms with E-state index in [-0.39, 0.29) is 6.10 Å². The van der Waals surface area contributed by atoms with Crippen molar-refractivity contribution in [3.05, 3.63) is 28.8 Å². The van der Waals surface area contributed by atoms with Crippen LogP contribution in [-0.4, -0.2) is 37.4 Å². The second-order valence-electron chi connectivity index (χ2n) is 4.23. The number of aryl methyl sites for hydroxylation is 1. The summed E-state index contributed by atoms with van der Waals surface area (Å²) in [5, 5.41) is 13.7. The van der Waals surface area contributed by atoms with Gasteiger partial charge in [0.25, 0.3) is 0 Å². The Bertz CT molecular complexity index is 370. The molecule has 1 saturated heterocycles. The van der Waals surface area contributed by atoms with Crippen LogP contribution < -0.4 is 10.2 Å². The molecule has 1 atom stereocenters. The number of β-amino-alcohol motifs (C(OH)–C–C–N with tert-alkyl or cyclic N) is 1. The molecule has 0 aliphatic carbocycles. The average molecular weight is 241 g/mol. The Morgan fingerprint density at radius 2 is 2.31 bits per heavy atom. The number of rotatable bonds is 1. The summed E-state index contributed by atoms with van der Waals surface area (Å²) < 4.78 is 0. The molecule has 0 amide bonds. The zero-order valence-electron chi connectivity index (χ0n) is 9.41. The first-order chi connectivity index (χ1) is 7.66. The maximum atomic E-state index is 9.74.